The van der Waals surface area contributed by atoms with Crippen LogP contribution in [0.25, 0.3) is 0 Å². The van der Waals surface area contributed by atoms with Crippen molar-refractivity contribution in [2.45, 2.75) is 19.4 Å². The van der Waals surface area contributed by atoms with Crippen molar-refractivity contribution >= 4 is 6.01 Å². The zero-order chi connectivity index (χ0) is 14.0. The third-order valence-electron chi connectivity index (χ3n) is 2.40. The standard InChI is InChI=1S/C11H9F4N3O/c1-5(7-3-2-6(12)4-8(7)13)16-11-18-17-10(19-11)9(14)15/h2-5,9H,1H3,(H,16,18). The largest absolute Gasteiger partial charge is 0.402 e. The summed E-state index contributed by atoms with van der Waals surface area (Å²) < 4.78 is 55.3. The summed E-state index contributed by atoms with van der Waals surface area (Å²) in [4.78, 5) is 0. The second-order valence-corrected chi connectivity index (χ2v) is 3.78. The summed E-state index contributed by atoms with van der Waals surface area (Å²) >= 11 is 0. The molecule has 1 atom stereocenters. The summed E-state index contributed by atoms with van der Waals surface area (Å²) in [5.41, 5.74) is 0.151. The molecule has 102 valence electrons. The minimum Gasteiger partial charge on any atom is -0.402 e. The van der Waals surface area contributed by atoms with Gasteiger partial charge in [0.15, 0.2) is 0 Å². The predicted molar refractivity (Wildman–Crippen MR) is 57.7 cm³/mol. The molecule has 4 nitrogen and oxygen atoms in total. The maximum atomic E-state index is 13.5. The molecule has 0 amide bonds. The maximum absolute atomic E-state index is 13.5. The number of nitrogens with one attached hydrogen (secondary N) is 1. The van der Waals surface area contributed by atoms with E-state index in [1.807, 2.05) is 0 Å². The van der Waals surface area contributed by atoms with Crippen molar-refractivity contribution in [1.29, 1.82) is 0 Å². The van der Waals surface area contributed by atoms with E-state index in [9.17, 15) is 17.6 Å². The van der Waals surface area contributed by atoms with Crippen LogP contribution in [-0.4, -0.2) is 10.2 Å². The molecular formula is C11H9F4N3O. The van der Waals surface area contributed by atoms with Crippen molar-refractivity contribution in [2.75, 3.05) is 5.32 Å². The van der Waals surface area contributed by atoms with E-state index >= 15 is 0 Å². The quantitative estimate of drug-likeness (QED) is 0.868. The minimum atomic E-state index is -2.87. The normalized spacial score (nSPS) is 12.7. The molecule has 0 saturated heterocycles. The van der Waals surface area contributed by atoms with Crippen molar-refractivity contribution in [3.8, 4) is 0 Å². The van der Waals surface area contributed by atoms with Crippen LogP contribution in [0.5, 0.6) is 0 Å². The molecule has 0 aliphatic heterocycles. The first-order chi connectivity index (χ1) is 8.97. The Morgan fingerprint density at radius 3 is 2.53 bits per heavy atom. The molecule has 0 aliphatic rings. The van der Waals surface area contributed by atoms with Crippen molar-refractivity contribution in [3.05, 3.63) is 41.3 Å². The highest BCUT2D eigenvalue weighted by Gasteiger charge is 2.18. The Morgan fingerprint density at radius 1 is 1.21 bits per heavy atom. The molecule has 1 heterocycles. The second-order valence-electron chi connectivity index (χ2n) is 3.78. The number of alkyl halides is 2. The fourth-order valence-corrected chi connectivity index (χ4v) is 1.50. The fourth-order valence-electron chi connectivity index (χ4n) is 1.50. The SMILES string of the molecule is CC(Nc1nnc(C(F)F)o1)c1ccc(F)cc1F. The van der Waals surface area contributed by atoms with Gasteiger partial charge in [0.05, 0.1) is 6.04 Å². The number of hydrogen-bond donors (Lipinski definition) is 1. The summed E-state index contributed by atoms with van der Waals surface area (Å²) in [5.74, 6) is -2.28. The summed E-state index contributed by atoms with van der Waals surface area (Å²) in [7, 11) is 0. The van der Waals surface area contributed by atoms with Crippen molar-refractivity contribution in [3.63, 3.8) is 0 Å². The molecule has 2 aromatic rings. The van der Waals surface area contributed by atoms with Crippen LogP contribution in [0.15, 0.2) is 22.6 Å². The molecule has 0 aliphatic carbocycles. The number of halogens is 4. The smallest absolute Gasteiger partial charge is 0.316 e. The lowest BCUT2D eigenvalue weighted by Gasteiger charge is -2.12. The van der Waals surface area contributed by atoms with Gasteiger partial charge in [-0.1, -0.05) is 11.2 Å². The molecule has 8 heteroatoms. The Labute approximate surface area is 105 Å². The van der Waals surface area contributed by atoms with Gasteiger partial charge >= 0.3 is 12.4 Å². The first-order valence-corrected chi connectivity index (χ1v) is 5.30. The Balaban J connectivity index is 2.13. The average molecular weight is 275 g/mol. The molecule has 19 heavy (non-hydrogen) atoms. The zero-order valence-corrected chi connectivity index (χ0v) is 9.70. The Morgan fingerprint density at radius 2 is 1.95 bits per heavy atom. The molecule has 0 saturated carbocycles. The van der Waals surface area contributed by atoms with Gasteiger partial charge in [0.25, 0.3) is 5.89 Å². The van der Waals surface area contributed by atoms with Crippen LogP contribution in [0.1, 0.15) is 30.8 Å². The Hall–Kier alpha value is -2.12. The molecule has 0 fully saturated rings. The van der Waals surface area contributed by atoms with Gasteiger partial charge < -0.3 is 9.73 Å². The monoisotopic (exact) mass is 275 g/mol. The third-order valence-corrected chi connectivity index (χ3v) is 2.40. The highest BCUT2D eigenvalue weighted by molar-refractivity contribution is 5.29. The van der Waals surface area contributed by atoms with E-state index in [1.54, 1.807) is 6.92 Å². The zero-order valence-electron chi connectivity index (χ0n) is 9.70. The molecule has 1 aromatic carbocycles. The summed E-state index contributed by atoms with van der Waals surface area (Å²) in [6, 6.07) is 2.16. The van der Waals surface area contributed by atoms with Crippen LogP contribution in [-0.2, 0) is 0 Å². The lowest BCUT2D eigenvalue weighted by molar-refractivity contribution is 0.116. The van der Waals surface area contributed by atoms with Gasteiger partial charge in [0.1, 0.15) is 11.6 Å². The van der Waals surface area contributed by atoms with Gasteiger partial charge in [0, 0.05) is 11.6 Å². The molecule has 1 N–H and O–H groups in total. The van der Waals surface area contributed by atoms with Gasteiger partial charge in [-0.3, -0.25) is 0 Å². The molecule has 0 spiro atoms. The Kier molecular flexibility index (Phi) is 3.68. The lowest BCUT2D eigenvalue weighted by Crippen LogP contribution is -2.09. The number of rotatable bonds is 4. The molecule has 0 bridgehead atoms. The lowest BCUT2D eigenvalue weighted by atomic mass is 10.1. The number of nitrogens with zero attached hydrogens (tertiary/aromatic N) is 2. The fraction of sp³-hybridized carbons (Fsp3) is 0.273. The number of benzene rings is 1. The highest BCUT2D eigenvalue weighted by Crippen LogP contribution is 2.24. The van der Waals surface area contributed by atoms with Gasteiger partial charge in [-0.05, 0) is 13.0 Å². The van der Waals surface area contributed by atoms with Crippen molar-refractivity contribution < 1.29 is 22.0 Å². The third kappa shape index (κ3) is 3.01. The van der Waals surface area contributed by atoms with E-state index in [0.717, 1.165) is 12.1 Å². The van der Waals surface area contributed by atoms with Crippen molar-refractivity contribution in [1.82, 2.24) is 10.2 Å². The Bertz CT molecular complexity index is 573. The van der Waals surface area contributed by atoms with E-state index in [4.69, 9.17) is 0 Å². The predicted octanol–water partition coefficient (Wildman–Crippen LogP) is 3.46. The first kappa shape index (κ1) is 13.3. The van der Waals surface area contributed by atoms with Crippen LogP contribution >= 0.6 is 0 Å². The highest BCUT2D eigenvalue weighted by atomic mass is 19.3. The van der Waals surface area contributed by atoms with E-state index in [0.29, 0.717) is 0 Å². The summed E-state index contributed by atoms with van der Waals surface area (Å²) in [5, 5.41) is 9.02. The minimum absolute atomic E-state index is 0.151. The molecule has 1 aromatic heterocycles. The molecule has 0 radical (unpaired) electrons. The van der Waals surface area contributed by atoms with Crippen LogP contribution in [0.4, 0.5) is 23.6 Å². The van der Waals surface area contributed by atoms with Gasteiger partial charge in [-0.2, -0.15) is 8.78 Å². The topological polar surface area (TPSA) is 51.0 Å². The first-order valence-electron chi connectivity index (χ1n) is 5.30. The maximum Gasteiger partial charge on any atom is 0.316 e. The summed E-state index contributed by atoms with van der Waals surface area (Å²) in [6.07, 6.45) is -2.87. The average Bonchev–Trinajstić information content (AvgIpc) is 2.77. The van der Waals surface area contributed by atoms with Gasteiger partial charge in [-0.15, -0.1) is 5.10 Å². The van der Waals surface area contributed by atoms with Crippen LogP contribution in [0.2, 0.25) is 0 Å². The number of hydrogen-bond acceptors (Lipinski definition) is 4. The number of aromatic nitrogens is 2. The van der Waals surface area contributed by atoms with E-state index in [-0.39, 0.29) is 11.6 Å². The van der Waals surface area contributed by atoms with E-state index < -0.39 is 30.0 Å². The van der Waals surface area contributed by atoms with E-state index in [2.05, 4.69) is 19.9 Å². The van der Waals surface area contributed by atoms with E-state index in [1.165, 1.54) is 6.07 Å². The van der Waals surface area contributed by atoms with Gasteiger partial charge in [0.2, 0.25) is 0 Å². The molecular weight excluding hydrogens is 266 g/mol. The second kappa shape index (κ2) is 5.25. The molecule has 2 rings (SSSR count). The van der Waals surface area contributed by atoms with Crippen LogP contribution < -0.4 is 5.32 Å². The van der Waals surface area contributed by atoms with Crippen molar-refractivity contribution in [2.24, 2.45) is 0 Å². The van der Waals surface area contributed by atoms with Gasteiger partial charge in [-0.25, -0.2) is 8.78 Å². The molecule has 1 unspecified atom stereocenters. The summed E-state index contributed by atoms with van der Waals surface area (Å²) in [6.45, 7) is 1.54. The van der Waals surface area contributed by atoms with Crippen LogP contribution in [0.3, 0.4) is 0 Å². The van der Waals surface area contributed by atoms with Crippen LogP contribution in [0, 0.1) is 11.6 Å². The number of anilines is 1.